The third-order valence-corrected chi connectivity index (χ3v) is 5.89. The summed E-state index contributed by atoms with van der Waals surface area (Å²) in [6.45, 7) is 3.83. The van der Waals surface area contributed by atoms with Crippen molar-refractivity contribution >= 4 is 21.9 Å². The molecule has 0 bridgehead atoms. The van der Waals surface area contributed by atoms with Crippen molar-refractivity contribution in [2.24, 2.45) is 0 Å². The molecule has 0 unspecified atom stereocenters. The summed E-state index contributed by atoms with van der Waals surface area (Å²) in [7, 11) is 0. The van der Waals surface area contributed by atoms with E-state index in [2.05, 4.69) is 67.7 Å². The zero-order valence-corrected chi connectivity index (χ0v) is 18.1. The Labute approximate surface area is 189 Å². The SMILES string of the molecule is CCNCc1cncc(-c2ccc3[nH]nc(-c4cc5c(-c6ccoc6)ccnc5[nH]4)c3c2)c1. The number of fused-ring (bicyclic) bond motifs is 2. The van der Waals surface area contributed by atoms with Crippen LogP contribution in [0.15, 0.2) is 78.0 Å². The maximum Gasteiger partial charge on any atom is 0.138 e. The third kappa shape index (κ3) is 3.48. The van der Waals surface area contributed by atoms with E-state index in [0.29, 0.717) is 0 Å². The number of hydrogen-bond acceptors (Lipinski definition) is 5. The fourth-order valence-electron chi connectivity index (χ4n) is 4.23. The number of H-pyrrole nitrogens is 2. The quantitative estimate of drug-likeness (QED) is 0.320. The van der Waals surface area contributed by atoms with Crippen LogP contribution in [0.2, 0.25) is 0 Å². The molecule has 0 spiro atoms. The van der Waals surface area contributed by atoms with Gasteiger partial charge >= 0.3 is 0 Å². The molecular formula is C26H22N6O. The molecule has 5 aromatic heterocycles. The molecule has 162 valence electrons. The Morgan fingerprint density at radius 2 is 1.94 bits per heavy atom. The maximum atomic E-state index is 5.28. The van der Waals surface area contributed by atoms with Gasteiger partial charge in [-0.05, 0) is 59.6 Å². The average Bonchev–Trinajstić information content (AvgIpc) is 3.61. The highest BCUT2D eigenvalue weighted by molar-refractivity contribution is 6.00. The lowest BCUT2D eigenvalue weighted by Gasteiger charge is -2.06. The molecule has 5 heterocycles. The van der Waals surface area contributed by atoms with Crippen LogP contribution in [-0.2, 0) is 6.54 Å². The number of rotatable bonds is 6. The molecule has 33 heavy (non-hydrogen) atoms. The van der Waals surface area contributed by atoms with E-state index >= 15 is 0 Å². The molecule has 0 aliphatic heterocycles. The smallest absolute Gasteiger partial charge is 0.138 e. The molecule has 7 nitrogen and oxygen atoms in total. The van der Waals surface area contributed by atoms with E-state index in [0.717, 1.165) is 74.2 Å². The summed E-state index contributed by atoms with van der Waals surface area (Å²) in [5.41, 5.74) is 9.01. The van der Waals surface area contributed by atoms with Crippen molar-refractivity contribution in [3.8, 4) is 33.6 Å². The Kier molecular flexibility index (Phi) is 4.74. The molecule has 6 rings (SSSR count). The van der Waals surface area contributed by atoms with E-state index in [9.17, 15) is 0 Å². The number of nitrogens with one attached hydrogen (secondary N) is 3. The molecule has 0 atom stereocenters. The molecule has 0 saturated carbocycles. The first-order valence-corrected chi connectivity index (χ1v) is 10.9. The van der Waals surface area contributed by atoms with Crippen molar-refractivity contribution in [2.75, 3.05) is 6.54 Å². The summed E-state index contributed by atoms with van der Waals surface area (Å²) in [5, 5.41) is 13.2. The van der Waals surface area contributed by atoms with Crippen molar-refractivity contribution in [3.05, 3.63) is 79.1 Å². The molecule has 0 aliphatic carbocycles. The van der Waals surface area contributed by atoms with Gasteiger partial charge in [0.1, 0.15) is 11.3 Å². The largest absolute Gasteiger partial charge is 0.472 e. The molecule has 0 amide bonds. The lowest BCUT2D eigenvalue weighted by molar-refractivity contribution is 0.568. The van der Waals surface area contributed by atoms with Gasteiger partial charge in [-0.1, -0.05) is 13.0 Å². The summed E-state index contributed by atoms with van der Waals surface area (Å²) < 4.78 is 5.28. The van der Waals surface area contributed by atoms with Crippen LogP contribution in [0.5, 0.6) is 0 Å². The lowest BCUT2D eigenvalue weighted by Crippen LogP contribution is -2.11. The Morgan fingerprint density at radius 1 is 0.970 bits per heavy atom. The van der Waals surface area contributed by atoms with Gasteiger partial charge in [0.2, 0.25) is 0 Å². The summed E-state index contributed by atoms with van der Waals surface area (Å²) in [6, 6.07) is 14.6. The zero-order valence-electron chi connectivity index (χ0n) is 18.1. The summed E-state index contributed by atoms with van der Waals surface area (Å²) in [6.07, 6.45) is 9.04. The Morgan fingerprint density at radius 3 is 2.82 bits per heavy atom. The van der Waals surface area contributed by atoms with Gasteiger partial charge in [-0.2, -0.15) is 5.10 Å². The molecule has 0 fully saturated rings. The molecule has 3 N–H and O–H groups in total. The van der Waals surface area contributed by atoms with Crippen molar-refractivity contribution in [3.63, 3.8) is 0 Å². The number of aromatic amines is 2. The number of aromatic nitrogens is 5. The minimum absolute atomic E-state index is 0.803. The van der Waals surface area contributed by atoms with Gasteiger partial charge in [0, 0.05) is 47.0 Å². The van der Waals surface area contributed by atoms with Crippen LogP contribution in [0.3, 0.4) is 0 Å². The molecule has 0 radical (unpaired) electrons. The average molecular weight is 435 g/mol. The van der Waals surface area contributed by atoms with E-state index < -0.39 is 0 Å². The van der Waals surface area contributed by atoms with Crippen molar-refractivity contribution < 1.29 is 4.42 Å². The van der Waals surface area contributed by atoms with E-state index in [1.165, 1.54) is 0 Å². The monoisotopic (exact) mass is 434 g/mol. The number of hydrogen-bond donors (Lipinski definition) is 3. The third-order valence-electron chi connectivity index (χ3n) is 5.89. The van der Waals surface area contributed by atoms with E-state index in [1.807, 2.05) is 24.5 Å². The maximum absolute atomic E-state index is 5.28. The van der Waals surface area contributed by atoms with Gasteiger partial charge in [0.15, 0.2) is 0 Å². The minimum atomic E-state index is 0.803. The number of benzene rings is 1. The Bertz CT molecular complexity index is 1560. The predicted octanol–water partition coefficient (Wildman–Crippen LogP) is 5.54. The second-order valence-electron chi connectivity index (χ2n) is 8.01. The van der Waals surface area contributed by atoms with Crippen LogP contribution in [-0.4, -0.2) is 31.7 Å². The van der Waals surface area contributed by atoms with E-state index in [1.54, 1.807) is 18.7 Å². The second-order valence-corrected chi connectivity index (χ2v) is 8.01. The highest BCUT2D eigenvalue weighted by atomic mass is 16.3. The number of pyridine rings is 2. The summed E-state index contributed by atoms with van der Waals surface area (Å²) in [4.78, 5) is 12.4. The first-order chi connectivity index (χ1) is 16.3. The van der Waals surface area contributed by atoms with Gasteiger partial charge in [0.25, 0.3) is 0 Å². The van der Waals surface area contributed by atoms with Gasteiger partial charge in [-0.15, -0.1) is 0 Å². The van der Waals surface area contributed by atoms with E-state index in [-0.39, 0.29) is 0 Å². The minimum Gasteiger partial charge on any atom is -0.472 e. The molecule has 1 aromatic carbocycles. The van der Waals surface area contributed by atoms with Gasteiger partial charge in [-0.25, -0.2) is 4.98 Å². The predicted molar refractivity (Wildman–Crippen MR) is 129 cm³/mol. The van der Waals surface area contributed by atoms with Crippen molar-refractivity contribution in [1.29, 1.82) is 0 Å². The topological polar surface area (TPSA) is 95.4 Å². The standard InChI is InChI=1S/C26H22N6O/c1-2-27-12-16-9-19(14-28-13-16)17-3-4-23-22(10-17)25(32-31-23)24-11-21-20(18-6-8-33-15-18)5-7-29-26(21)30-24/h3-11,13-15,27H,2,12H2,1H3,(H,29,30)(H,31,32). The highest BCUT2D eigenvalue weighted by Crippen LogP contribution is 2.34. The normalized spacial score (nSPS) is 11.5. The second kappa shape index (κ2) is 8.03. The highest BCUT2D eigenvalue weighted by Gasteiger charge is 2.15. The van der Waals surface area contributed by atoms with Crippen LogP contribution in [0.1, 0.15) is 12.5 Å². The van der Waals surface area contributed by atoms with Gasteiger partial charge in [-0.3, -0.25) is 10.1 Å². The zero-order chi connectivity index (χ0) is 22.2. The molecular weight excluding hydrogens is 412 g/mol. The first-order valence-electron chi connectivity index (χ1n) is 10.9. The molecule has 0 saturated heterocycles. The molecule has 0 aliphatic rings. The fourth-order valence-corrected chi connectivity index (χ4v) is 4.23. The fraction of sp³-hybridized carbons (Fsp3) is 0.115. The van der Waals surface area contributed by atoms with Crippen LogP contribution in [0.4, 0.5) is 0 Å². The number of nitrogens with zero attached hydrogens (tertiary/aromatic N) is 3. The van der Waals surface area contributed by atoms with Gasteiger partial charge in [0.05, 0.1) is 23.7 Å². The van der Waals surface area contributed by atoms with Crippen LogP contribution in [0.25, 0.3) is 55.6 Å². The van der Waals surface area contributed by atoms with Gasteiger partial charge < -0.3 is 14.7 Å². The van der Waals surface area contributed by atoms with Crippen LogP contribution >= 0.6 is 0 Å². The first kappa shape index (κ1) is 19.5. The van der Waals surface area contributed by atoms with Crippen molar-refractivity contribution in [2.45, 2.75) is 13.5 Å². The summed E-state index contributed by atoms with van der Waals surface area (Å²) in [5.74, 6) is 0. The van der Waals surface area contributed by atoms with Crippen molar-refractivity contribution in [1.82, 2.24) is 30.5 Å². The van der Waals surface area contributed by atoms with E-state index in [4.69, 9.17) is 4.42 Å². The summed E-state index contributed by atoms with van der Waals surface area (Å²) >= 11 is 0. The number of furan rings is 1. The Hall–Kier alpha value is -4.23. The molecule has 7 heteroatoms. The lowest BCUT2D eigenvalue weighted by atomic mass is 10.0. The molecule has 6 aromatic rings. The van der Waals surface area contributed by atoms with Crippen LogP contribution < -0.4 is 5.32 Å². The van der Waals surface area contributed by atoms with Crippen LogP contribution in [0, 0.1) is 0 Å². The Balaban J connectivity index is 1.44.